The van der Waals surface area contributed by atoms with Crippen LogP contribution in [-0.4, -0.2) is 69.3 Å². The van der Waals surface area contributed by atoms with Crippen molar-refractivity contribution in [3.05, 3.63) is 23.8 Å². The third kappa shape index (κ3) is 6.67. The number of sulfonamides is 1. The lowest BCUT2D eigenvalue weighted by atomic mass is 10.1. The van der Waals surface area contributed by atoms with E-state index in [0.29, 0.717) is 32.6 Å². The monoisotopic (exact) mass is 453 g/mol. The van der Waals surface area contributed by atoms with Crippen LogP contribution in [0.15, 0.2) is 23.1 Å². The van der Waals surface area contributed by atoms with Crippen molar-refractivity contribution in [1.82, 2.24) is 14.5 Å². The number of ether oxygens (including phenoxy) is 1. The van der Waals surface area contributed by atoms with Crippen molar-refractivity contribution in [3.8, 4) is 5.75 Å². The van der Waals surface area contributed by atoms with Crippen molar-refractivity contribution in [2.75, 3.05) is 39.8 Å². The van der Waals surface area contributed by atoms with Crippen molar-refractivity contribution in [2.45, 2.75) is 57.3 Å². The van der Waals surface area contributed by atoms with Crippen LogP contribution in [-0.2, 0) is 14.8 Å². The van der Waals surface area contributed by atoms with Crippen molar-refractivity contribution >= 4 is 21.8 Å². The maximum Gasteiger partial charge on any atom is 0.258 e. The summed E-state index contributed by atoms with van der Waals surface area (Å²) in [4.78, 5) is 27.0. The van der Waals surface area contributed by atoms with Gasteiger partial charge in [-0.15, -0.1) is 0 Å². The number of carbonyl (C=O) groups is 2. The van der Waals surface area contributed by atoms with Crippen LogP contribution in [0, 0.1) is 0 Å². The first-order valence-electron chi connectivity index (χ1n) is 11.1. The summed E-state index contributed by atoms with van der Waals surface area (Å²) in [5.41, 5.74) is 0.148. The van der Waals surface area contributed by atoms with Gasteiger partial charge in [-0.2, -0.15) is 4.31 Å². The molecule has 0 bridgehead atoms. The van der Waals surface area contributed by atoms with E-state index in [-0.39, 0.29) is 28.7 Å². The summed E-state index contributed by atoms with van der Waals surface area (Å²) in [6.45, 7) is 5.68. The molecule has 1 aliphatic heterocycles. The minimum atomic E-state index is -3.71. The zero-order valence-corrected chi connectivity index (χ0v) is 19.7. The van der Waals surface area contributed by atoms with Gasteiger partial charge in [-0.3, -0.25) is 9.59 Å². The van der Waals surface area contributed by atoms with Crippen molar-refractivity contribution < 1.29 is 22.7 Å². The van der Waals surface area contributed by atoms with Gasteiger partial charge in [0.15, 0.2) is 0 Å². The molecule has 2 amide bonds. The van der Waals surface area contributed by atoms with E-state index in [9.17, 15) is 18.0 Å². The molecule has 1 aromatic rings. The van der Waals surface area contributed by atoms with Gasteiger partial charge in [-0.1, -0.05) is 26.7 Å². The van der Waals surface area contributed by atoms with Gasteiger partial charge < -0.3 is 15.0 Å². The van der Waals surface area contributed by atoms with Crippen LogP contribution in [0.3, 0.4) is 0 Å². The zero-order chi connectivity index (χ0) is 22.9. The van der Waals surface area contributed by atoms with E-state index in [4.69, 9.17) is 4.74 Å². The van der Waals surface area contributed by atoms with Crippen LogP contribution in [0.5, 0.6) is 5.75 Å². The number of benzene rings is 1. The molecule has 31 heavy (non-hydrogen) atoms. The smallest absolute Gasteiger partial charge is 0.258 e. The van der Waals surface area contributed by atoms with Gasteiger partial charge in [0.1, 0.15) is 5.75 Å². The van der Waals surface area contributed by atoms with E-state index in [1.807, 2.05) is 13.8 Å². The normalized spacial score (nSPS) is 15.2. The summed E-state index contributed by atoms with van der Waals surface area (Å²) in [6, 6.07) is 4.38. The maximum atomic E-state index is 13.3. The van der Waals surface area contributed by atoms with Gasteiger partial charge in [-0.05, 0) is 43.9 Å². The second-order valence-corrected chi connectivity index (χ2v) is 9.69. The van der Waals surface area contributed by atoms with E-state index in [0.717, 1.165) is 32.1 Å². The molecule has 0 radical (unpaired) electrons. The Morgan fingerprint density at radius 3 is 2.35 bits per heavy atom. The third-order valence-electron chi connectivity index (χ3n) is 5.29. The second kappa shape index (κ2) is 12.0. The first-order valence-corrected chi connectivity index (χ1v) is 12.5. The molecule has 1 N–H and O–H groups in total. The Hall–Kier alpha value is -2.13. The van der Waals surface area contributed by atoms with Crippen LogP contribution in [0.25, 0.3) is 0 Å². The summed E-state index contributed by atoms with van der Waals surface area (Å²) in [5, 5.41) is 2.77. The minimum absolute atomic E-state index is 0.0745. The number of nitrogens with zero attached hydrogens (tertiary/aromatic N) is 2. The van der Waals surface area contributed by atoms with Gasteiger partial charge in [0.05, 0.1) is 24.1 Å². The Morgan fingerprint density at radius 1 is 1.10 bits per heavy atom. The number of methoxy groups -OCH3 is 1. The molecule has 0 aromatic heterocycles. The zero-order valence-electron chi connectivity index (χ0n) is 18.9. The van der Waals surface area contributed by atoms with Gasteiger partial charge >= 0.3 is 0 Å². The molecule has 0 spiro atoms. The number of carbonyl (C=O) groups excluding carboxylic acids is 2. The van der Waals surface area contributed by atoms with Crippen LogP contribution >= 0.6 is 0 Å². The number of nitrogens with one attached hydrogen (secondary N) is 1. The highest BCUT2D eigenvalue weighted by atomic mass is 32.2. The summed E-state index contributed by atoms with van der Waals surface area (Å²) in [7, 11) is -2.27. The van der Waals surface area contributed by atoms with Crippen molar-refractivity contribution in [1.29, 1.82) is 0 Å². The molecule has 2 rings (SSSR count). The molecule has 174 valence electrons. The summed E-state index contributed by atoms with van der Waals surface area (Å²) >= 11 is 0. The number of hydrogen-bond donors (Lipinski definition) is 1. The topological polar surface area (TPSA) is 96.0 Å². The molecule has 1 heterocycles. The lowest BCUT2D eigenvalue weighted by molar-refractivity contribution is -0.121. The lowest BCUT2D eigenvalue weighted by Crippen LogP contribution is -2.41. The van der Waals surface area contributed by atoms with Crippen molar-refractivity contribution in [3.63, 3.8) is 0 Å². The minimum Gasteiger partial charge on any atom is -0.496 e. The van der Waals surface area contributed by atoms with Crippen LogP contribution in [0.2, 0.25) is 0 Å². The van der Waals surface area contributed by atoms with Gasteiger partial charge in [0.25, 0.3) is 5.91 Å². The fourth-order valence-corrected chi connectivity index (χ4v) is 5.18. The van der Waals surface area contributed by atoms with E-state index in [1.54, 1.807) is 0 Å². The first-order chi connectivity index (χ1) is 14.8. The van der Waals surface area contributed by atoms with Crippen LogP contribution < -0.4 is 10.1 Å². The highest BCUT2D eigenvalue weighted by Gasteiger charge is 2.28. The van der Waals surface area contributed by atoms with Gasteiger partial charge in [0.2, 0.25) is 15.9 Å². The Morgan fingerprint density at radius 2 is 1.77 bits per heavy atom. The Labute approximate surface area is 186 Å². The highest BCUT2D eigenvalue weighted by molar-refractivity contribution is 7.89. The van der Waals surface area contributed by atoms with Gasteiger partial charge in [-0.25, -0.2) is 8.42 Å². The number of rotatable bonds is 10. The SMILES string of the molecule is CCCNC(=O)CN(CCC)C(=O)c1cc(S(=O)(=O)N2CCCCCC2)ccc1OC. The molecular weight excluding hydrogens is 418 g/mol. The van der Waals surface area contributed by atoms with E-state index in [2.05, 4.69) is 5.32 Å². The predicted molar refractivity (Wildman–Crippen MR) is 120 cm³/mol. The van der Waals surface area contributed by atoms with Crippen molar-refractivity contribution in [2.24, 2.45) is 0 Å². The average Bonchev–Trinajstić information content (AvgIpc) is 3.06. The second-order valence-electron chi connectivity index (χ2n) is 7.76. The predicted octanol–water partition coefficient (Wildman–Crippen LogP) is 2.64. The summed E-state index contributed by atoms with van der Waals surface area (Å²) < 4.78 is 33.2. The Bertz CT molecular complexity index is 849. The Balaban J connectivity index is 2.34. The lowest BCUT2D eigenvalue weighted by Gasteiger charge is -2.24. The van der Waals surface area contributed by atoms with Gasteiger partial charge in [0, 0.05) is 26.2 Å². The third-order valence-corrected chi connectivity index (χ3v) is 7.19. The molecule has 0 saturated carbocycles. The standard InChI is InChI=1S/C22H35N3O5S/c1-4-12-23-21(26)17-24(13-5-2)22(27)19-16-18(10-11-20(19)30-3)31(28,29)25-14-8-6-7-9-15-25/h10-11,16H,4-9,12-15,17H2,1-3H3,(H,23,26). The molecule has 0 atom stereocenters. The average molecular weight is 454 g/mol. The first kappa shape index (κ1) is 25.1. The number of amides is 2. The quantitative estimate of drug-likeness (QED) is 0.588. The molecule has 8 nitrogen and oxygen atoms in total. The molecule has 9 heteroatoms. The summed E-state index contributed by atoms with van der Waals surface area (Å²) in [5.74, 6) is -0.371. The van der Waals surface area contributed by atoms with Crippen LogP contribution in [0.4, 0.5) is 0 Å². The molecule has 1 aliphatic rings. The number of hydrogen-bond acceptors (Lipinski definition) is 5. The van der Waals surface area contributed by atoms with E-state index < -0.39 is 15.9 Å². The molecule has 0 unspecified atom stereocenters. The fraction of sp³-hybridized carbons (Fsp3) is 0.636. The molecule has 1 saturated heterocycles. The molecular formula is C22H35N3O5S. The highest BCUT2D eigenvalue weighted by Crippen LogP contribution is 2.27. The summed E-state index contributed by atoms with van der Waals surface area (Å²) in [6.07, 6.45) is 5.17. The molecule has 1 aromatic carbocycles. The maximum absolute atomic E-state index is 13.3. The van der Waals surface area contributed by atoms with E-state index >= 15 is 0 Å². The largest absolute Gasteiger partial charge is 0.496 e. The van der Waals surface area contributed by atoms with E-state index in [1.165, 1.54) is 34.5 Å². The molecule has 1 fully saturated rings. The molecule has 0 aliphatic carbocycles. The van der Waals surface area contributed by atoms with Crippen LogP contribution in [0.1, 0.15) is 62.7 Å². The Kier molecular flexibility index (Phi) is 9.77. The fourth-order valence-electron chi connectivity index (χ4n) is 3.63.